The van der Waals surface area contributed by atoms with Crippen molar-refractivity contribution in [1.29, 1.82) is 0 Å². The summed E-state index contributed by atoms with van der Waals surface area (Å²) in [6.45, 7) is 7.41. The number of hydrogen-bond acceptors (Lipinski definition) is 3. The van der Waals surface area contributed by atoms with Crippen molar-refractivity contribution in [3.8, 4) is 12.3 Å². The number of rotatable bonds is 4. The Labute approximate surface area is 117 Å². The Morgan fingerprint density at radius 2 is 1.38 bits per heavy atom. The molecule has 0 aromatic carbocycles. The maximum Gasteiger partial charge on any atom is 0.0214 e. The van der Waals surface area contributed by atoms with Crippen molar-refractivity contribution in [2.45, 2.75) is 6.42 Å². The van der Waals surface area contributed by atoms with Crippen LogP contribution in [0.1, 0.15) is 6.42 Å². The van der Waals surface area contributed by atoms with Gasteiger partial charge in [-0.25, -0.2) is 0 Å². The molecule has 0 aliphatic carbocycles. The molecule has 16 heavy (non-hydrogen) atoms. The normalized spacial score (nSPS) is 16.2. The number of piperazine rings is 1. The highest BCUT2D eigenvalue weighted by molar-refractivity contribution is 5.86. The van der Waals surface area contributed by atoms with Crippen LogP contribution in [0.15, 0.2) is 0 Å². The Kier molecular flexibility index (Phi) is 18.0. The van der Waals surface area contributed by atoms with Crippen molar-refractivity contribution in [3.05, 3.63) is 0 Å². The molecule has 0 aromatic heterocycles. The second kappa shape index (κ2) is 13.4. The summed E-state index contributed by atoms with van der Waals surface area (Å²) in [5, 5.41) is 0. The molecule has 0 unspecified atom stereocenters. The smallest absolute Gasteiger partial charge is 0.0214 e. The minimum absolute atomic E-state index is 0. The summed E-state index contributed by atoms with van der Waals surface area (Å²) in [5.74, 6) is 2.68. The van der Waals surface area contributed by atoms with Gasteiger partial charge in [0.1, 0.15) is 0 Å². The van der Waals surface area contributed by atoms with E-state index in [1.807, 2.05) is 0 Å². The van der Waals surface area contributed by atoms with Crippen molar-refractivity contribution in [1.82, 2.24) is 9.80 Å². The van der Waals surface area contributed by atoms with Crippen molar-refractivity contribution in [3.63, 3.8) is 0 Å². The molecule has 0 amide bonds. The number of nitrogens with two attached hydrogens (primary N) is 1. The lowest BCUT2D eigenvalue weighted by Gasteiger charge is -2.34. The van der Waals surface area contributed by atoms with Gasteiger partial charge in [-0.15, -0.1) is 49.6 Å². The van der Waals surface area contributed by atoms with Crippen LogP contribution in [0.5, 0.6) is 0 Å². The first-order valence-corrected chi connectivity index (χ1v) is 4.95. The number of halogens is 3. The lowest BCUT2D eigenvalue weighted by atomic mass is 10.3. The van der Waals surface area contributed by atoms with Crippen LogP contribution in [0.3, 0.4) is 0 Å². The Balaban J connectivity index is -0.000000563. The Morgan fingerprint density at radius 1 is 0.938 bits per heavy atom. The molecule has 3 nitrogen and oxygen atoms in total. The van der Waals surface area contributed by atoms with Crippen molar-refractivity contribution in [2.24, 2.45) is 5.73 Å². The first kappa shape index (κ1) is 21.6. The molecule has 0 radical (unpaired) electrons. The van der Waals surface area contributed by atoms with E-state index in [0.717, 1.165) is 52.2 Å². The van der Waals surface area contributed by atoms with Gasteiger partial charge in [-0.1, -0.05) is 0 Å². The average Bonchev–Trinajstić information content (AvgIpc) is 2.17. The molecule has 6 heteroatoms. The van der Waals surface area contributed by atoms with Crippen molar-refractivity contribution >= 4 is 37.2 Å². The maximum atomic E-state index is 5.49. The van der Waals surface area contributed by atoms with E-state index in [1.54, 1.807) is 0 Å². The van der Waals surface area contributed by atoms with Gasteiger partial charge in [-0.05, 0) is 0 Å². The molecule has 1 fully saturated rings. The molecule has 0 atom stereocenters. The number of hydrogen-bond donors (Lipinski definition) is 1. The van der Waals surface area contributed by atoms with E-state index in [0.29, 0.717) is 0 Å². The van der Waals surface area contributed by atoms with Gasteiger partial charge in [0.25, 0.3) is 0 Å². The van der Waals surface area contributed by atoms with E-state index < -0.39 is 0 Å². The van der Waals surface area contributed by atoms with E-state index in [1.165, 1.54) is 0 Å². The standard InChI is InChI=1S/C10H19N3.3ClH/c1-2-3-5-12-7-9-13(6-4-11)10-8-12;;;/h1H,3-11H2;3*1H. The summed E-state index contributed by atoms with van der Waals surface area (Å²) in [7, 11) is 0. The molecule has 1 rings (SSSR count). The molecule has 1 aliphatic heterocycles. The van der Waals surface area contributed by atoms with Gasteiger partial charge in [0.15, 0.2) is 0 Å². The van der Waals surface area contributed by atoms with E-state index in [2.05, 4.69) is 15.7 Å². The minimum Gasteiger partial charge on any atom is -0.329 e. The molecule has 0 aromatic rings. The SMILES string of the molecule is C#CCCN1CCN(CCN)CC1.Cl.Cl.Cl. The highest BCUT2D eigenvalue weighted by Gasteiger charge is 2.14. The van der Waals surface area contributed by atoms with Crippen LogP contribution in [-0.4, -0.2) is 55.6 Å². The van der Waals surface area contributed by atoms with Gasteiger partial charge in [0, 0.05) is 52.2 Å². The topological polar surface area (TPSA) is 32.5 Å². The van der Waals surface area contributed by atoms with Crippen molar-refractivity contribution < 1.29 is 0 Å². The zero-order valence-corrected chi connectivity index (χ0v) is 11.9. The summed E-state index contributed by atoms with van der Waals surface area (Å²) < 4.78 is 0. The molecule has 1 aliphatic rings. The van der Waals surface area contributed by atoms with Crippen LogP contribution in [0.4, 0.5) is 0 Å². The van der Waals surface area contributed by atoms with Crippen LogP contribution < -0.4 is 5.73 Å². The highest BCUT2D eigenvalue weighted by Crippen LogP contribution is 2.00. The molecule has 1 heterocycles. The van der Waals surface area contributed by atoms with Crippen LogP contribution in [0.25, 0.3) is 0 Å². The molecule has 0 bridgehead atoms. The molecular weight excluding hydrogens is 268 g/mol. The fourth-order valence-corrected chi connectivity index (χ4v) is 1.64. The number of terminal acetylenes is 1. The van der Waals surface area contributed by atoms with Gasteiger partial charge in [-0.3, -0.25) is 9.80 Å². The van der Waals surface area contributed by atoms with Gasteiger partial charge in [-0.2, -0.15) is 0 Å². The molecule has 0 spiro atoms. The third-order valence-corrected chi connectivity index (χ3v) is 2.48. The first-order chi connectivity index (χ1) is 6.36. The Hall–Kier alpha value is 0.310. The zero-order chi connectivity index (χ0) is 9.52. The second-order valence-corrected chi connectivity index (χ2v) is 3.43. The average molecular weight is 291 g/mol. The van der Waals surface area contributed by atoms with Crippen molar-refractivity contribution in [2.75, 3.05) is 45.8 Å². The Bertz CT molecular complexity index is 177. The fraction of sp³-hybridized carbons (Fsp3) is 0.800. The predicted octanol–water partition coefficient (Wildman–Crippen LogP) is 0.851. The largest absolute Gasteiger partial charge is 0.329 e. The lowest BCUT2D eigenvalue weighted by Crippen LogP contribution is -2.47. The predicted molar refractivity (Wildman–Crippen MR) is 77.1 cm³/mol. The quantitative estimate of drug-likeness (QED) is 0.779. The molecule has 2 N–H and O–H groups in total. The second-order valence-electron chi connectivity index (χ2n) is 3.43. The summed E-state index contributed by atoms with van der Waals surface area (Å²) >= 11 is 0. The fourth-order valence-electron chi connectivity index (χ4n) is 1.64. The van der Waals surface area contributed by atoms with E-state index >= 15 is 0 Å². The molecule has 0 saturated carbocycles. The lowest BCUT2D eigenvalue weighted by molar-refractivity contribution is 0.137. The van der Waals surface area contributed by atoms with Gasteiger partial charge in [0.2, 0.25) is 0 Å². The van der Waals surface area contributed by atoms with Crippen LogP contribution in [0.2, 0.25) is 0 Å². The monoisotopic (exact) mass is 289 g/mol. The maximum absolute atomic E-state index is 5.49. The van der Waals surface area contributed by atoms with Gasteiger partial charge >= 0.3 is 0 Å². The summed E-state index contributed by atoms with van der Waals surface area (Å²) in [4.78, 5) is 4.83. The zero-order valence-electron chi connectivity index (χ0n) is 9.43. The summed E-state index contributed by atoms with van der Waals surface area (Å²) in [5.41, 5.74) is 5.49. The summed E-state index contributed by atoms with van der Waals surface area (Å²) in [6, 6.07) is 0. The van der Waals surface area contributed by atoms with E-state index in [-0.39, 0.29) is 37.2 Å². The molecular formula is C10H22Cl3N3. The van der Waals surface area contributed by atoms with Gasteiger partial charge in [0.05, 0.1) is 0 Å². The van der Waals surface area contributed by atoms with Crippen LogP contribution in [0, 0.1) is 12.3 Å². The minimum atomic E-state index is 0. The van der Waals surface area contributed by atoms with Crippen LogP contribution >= 0.6 is 37.2 Å². The highest BCUT2D eigenvalue weighted by atomic mass is 35.5. The molecule has 1 saturated heterocycles. The third-order valence-electron chi connectivity index (χ3n) is 2.48. The Morgan fingerprint density at radius 3 is 1.75 bits per heavy atom. The first-order valence-electron chi connectivity index (χ1n) is 4.95. The van der Waals surface area contributed by atoms with Gasteiger partial charge < -0.3 is 5.73 Å². The van der Waals surface area contributed by atoms with E-state index in [4.69, 9.17) is 12.2 Å². The number of nitrogens with zero attached hydrogens (tertiary/aromatic N) is 2. The van der Waals surface area contributed by atoms with Crippen LogP contribution in [-0.2, 0) is 0 Å². The summed E-state index contributed by atoms with van der Waals surface area (Å²) in [6.07, 6.45) is 6.09. The molecule has 98 valence electrons. The third kappa shape index (κ3) is 8.46. The van der Waals surface area contributed by atoms with E-state index in [9.17, 15) is 0 Å².